The largest absolute Gasteiger partial charge is 0.446 e. The van der Waals surface area contributed by atoms with Crippen LogP contribution in [0.25, 0.3) is 5.82 Å². The molecule has 2 aromatic heterocycles. The van der Waals surface area contributed by atoms with Crippen LogP contribution in [-0.4, -0.2) is 21.7 Å². The number of aldehydes is 1. The molecule has 1 unspecified atom stereocenters. The lowest BCUT2D eigenvalue weighted by atomic mass is 10.1. The van der Waals surface area contributed by atoms with Gasteiger partial charge in [-0.25, -0.2) is 9.98 Å². The van der Waals surface area contributed by atoms with Crippen LogP contribution in [0.3, 0.4) is 0 Å². The Hall–Kier alpha value is -1.77. The van der Waals surface area contributed by atoms with Crippen LogP contribution in [-0.2, 0) is 14.0 Å². The second-order valence-corrected chi connectivity index (χ2v) is 8.47. The van der Waals surface area contributed by atoms with Gasteiger partial charge in [-0.3, -0.25) is 9.36 Å². The Morgan fingerprint density at radius 1 is 1.15 bits per heavy atom. The molecule has 130 valence electrons. The van der Waals surface area contributed by atoms with Gasteiger partial charge in [-0.05, 0) is 72.1 Å². The van der Waals surface area contributed by atoms with Gasteiger partial charge in [0.2, 0.25) is 10.4 Å². The van der Waals surface area contributed by atoms with Crippen LogP contribution in [0.15, 0.2) is 68.8 Å². The second kappa shape index (κ2) is 6.75. The molecule has 1 aliphatic rings. The average Bonchev–Trinajstić information content (AvgIpc) is 3.03. The molecule has 1 atom stereocenters. The molecule has 4 rings (SSSR count). The third kappa shape index (κ3) is 2.95. The van der Waals surface area contributed by atoms with Gasteiger partial charge in [0.15, 0.2) is 12.1 Å². The molecule has 0 saturated heterocycles. The maximum absolute atomic E-state index is 11.8. The van der Waals surface area contributed by atoms with Gasteiger partial charge >= 0.3 is 0 Å². The number of rotatable bonds is 3. The summed E-state index contributed by atoms with van der Waals surface area (Å²) in [5, 5.41) is 0. The third-order valence-electron chi connectivity index (χ3n) is 3.86. The average molecular weight is 540 g/mol. The number of nitrogens with zero attached hydrogens (tertiary/aromatic N) is 3. The molecule has 0 amide bonds. The number of benzene rings is 1. The summed E-state index contributed by atoms with van der Waals surface area (Å²) in [6.45, 7) is 0. The second-order valence-electron chi connectivity index (χ2n) is 5.52. The van der Waals surface area contributed by atoms with Crippen LogP contribution >= 0.6 is 47.8 Å². The van der Waals surface area contributed by atoms with E-state index in [1.165, 1.54) is 0 Å². The van der Waals surface area contributed by atoms with Gasteiger partial charge in [0.25, 0.3) is 0 Å². The standard InChI is InChI=1S/C18H10Br3N3O2/c19-11-8-15(24(9-11)16-13(20)5-3-7-22-16)17-23-14-6-2-1-4-12(14)18(21,10-25)26-17/h1-10H. The zero-order valence-corrected chi connectivity index (χ0v) is 17.8. The van der Waals surface area contributed by atoms with Crippen molar-refractivity contribution in [2.24, 2.45) is 4.99 Å². The number of carbonyl (C=O) groups is 1. The number of fused-ring (bicyclic) bond motifs is 1. The van der Waals surface area contributed by atoms with Gasteiger partial charge in [0.1, 0.15) is 5.69 Å². The van der Waals surface area contributed by atoms with E-state index in [2.05, 4.69) is 57.8 Å². The number of aliphatic imine (C=N–C) groups is 1. The van der Waals surface area contributed by atoms with Gasteiger partial charge in [0, 0.05) is 22.4 Å². The lowest BCUT2D eigenvalue weighted by Crippen LogP contribution is -2.32. The van der Waals surface area contributed by atoms with E-state index in [1.54, 1.807) is 6.20 Å². The summed E-state index contributed by atoms with van der Waals surface area (Å²) in [6.07, 6.45) is 4.29. The van der Waals surface area contributed by atoms with Crippen molar-refractivity contribution in [1.29, 1.82) is 0 Å². The molecule has 0 spiro atoms. The quantitative estimate of drug-likeness (QED) is 0.337. The Balaban J connectivity index is 1.92. The van der Waals surface area contributed by atoms with E-state index in [4.69, 9.17) is 4.74 Å². The molecule has 3 heterocycles. The van der Waals surface area contributed by atoms with Gasteiger partial charge < -0.3 is 4.74 Å². The smallest absolute Gasteiger partial charge is 0.247 e. The Kier molecular flexibility index (Phi) is 4.58. The molecule has 0 aliphatic carbocycles. The maximum Gasteiger partial charge on any atom is 0.247 e. The van der Waals surface area contributed by atoms with Crippen LogP contribution < -0.4 is 0 Å². The number of halogens is 3. The zero-order chi connectivity index (χ0) is 18.3. The molecule has 1 aromatic carbocycles. The predicted molar refractivity (Wildman–Crippen MR) is 109 cm³/mol. The van der Waals surface area contributed by atoms with E-state index in [-0.39, 0.29) is 0 Å². The summed E-state index contributed by atoms with van der Waals surface area (Å²) in [5.41, 5.74) is 1.99. The SMILES string of the molecule is O=CC1(Br)OC(c2cc(Br)cn2-c2ncccc2Br)=Nc2ccccc21. The molecule has 0 fully saturated rings. The molecule has 8 heteroatoms. The molecule has 1 aliphatic heterocycles. The highest BCUT2D eigenvalue weighted by Crippen LogP contribution is 2.42. The van der Waals surface area contributed by atoms with E-state index in [1.807, 2.05) is 53.2 Å². The minimum absolute atomic E-state index is 0.316. The van der Waals surface area contributed by atoms with Crippen LogP contribution in [0, 0.1) is 0 Å². The summed E-state index contributed by atoms with van der Waals surface area (Å²) < 4.78 is 8.18. The van der Waals surface area contributed by atoms with Crippen molar-refractivity contribution in [1.82, 2.24) is 9.55 Å². The predicted octanol–water partition coefficient (Wildman–Crippen LogP) is 5.25. The van der Waals surface area contributed by atoms with E-state index >= 15 is 0 Å². The van der Waals surface area contributed by atoms with Crippen molar-refractivity contribution in [2.75, 3.05) is 0 Å². The van der Waals surface area contributed by atoms with Crippen LogP contribution in [0.2, 0.25) is 0 Å². The zero-order valence-electron chi connectivity index (χ0n) is 13.1. The van der Waals surface area contributed by atoms with Gasteiger partial charge in [-0.2, -0.15) is 0 Å². The number of carbonyl (C=O) groups excluding carboxylic acids is 1. The number of para-hydroxylation sites is 1. The molecule has 26 heavy (non-hydrogen) atoms. The summed E-state index contributed by atoms with van der Waals surface area (Å²) in [5.74, 6) is 1.00. The summed E-state index contributed by atoms with van der Waals surface area (Å²) >= 11 is 10.4. The number of aromatic nitrogens is 2. The van der Waals surface area contributed by atoms with Gasteiger partial charge in [-0.1, -0.05) is 18.2 Å². The number of hydrogen-bond acceptors (Lipinski definition) is 4. The van der Waals surface area contributed by atoms with Crippen molar-refractivity contribution in [3.05, 3.63) is 75.1 Å². The number of hydrogen-bond donors (Lipinski definition) is 0. The van der Waals surface area contributed by atoms with Crippen molar-refractivity contribution >= 4 is 65.7 Å². The Bertz CT molecular complexity index is 1050. The minimum atomic E-state index is -1.29. The highest BCUT2D eigenvalue weighted by Gasteiger charge is 2.39. The number of alkyl halides is 1. The Morgan fingerprint density at radius 3 is 2.73 bits per heavy atom. The van der Waals surface area contributed by atoms with Crippen LogP contribution in [0.5, 0.6) is 0 Å². The van der Waals surface area contributed by atoms with Gasteiger partial charge in [-0.15, -0.1) is 0 Å². The molecule has 0 saturated carbocycles. The molecule has 3 aromatic rings. The summed E-state index contributed by atoms with van der Waals surface area (Å²) in [7, 11) is 0. The molecule has 5 nitrogen and oxygen atoms in total. The first-order valence-electron chi connectivity index (χ1n) is 7.53. The van der Waals surface area contributed by atoms with Crippen molar-refractivity contribution in [2.45, 2.75) is 4.51 Å². The first-order valence-corrected chi connectivity index (χ1v) is 9.91. The van der Waals surface area contributed by atoms with E-state index in [9.17, 15) is 4.79 Å². The third-order valence-corrected chi connectivity index (χ3v) is 5.69. The summed E-state index contributed by atoms with van der Waals surface area (Å²) in [6, 6.07) is 13.0. The molecular formula is C18H10Br3N3O2. The lowest BCUT2D eigenvalue weighted by Gasteiger charge is -2.29. The fourth-order valence-electron chi connectivity index (χ4n) is 2.71. The van der Waals surface area contributed by atoms with Crippen LogP contribution in [0.4, 0.5) is 5.69 Å². The first kappa shape index (κ1) is 17.6. The topological polar surface area (TPSA) is 56.5 Å². The molecular weight excluding hydrogens is 530 g/mol. The van der Waals surface area contributed by atoms with Gasteiger partial charge in [0.05, 0.1) is 10.2 Å². The Labute approximate surface area is 174 Å². The van der Waals surface area contributed by atoms with E-state index < -0.39 is 4.51 Å². The van der Waals surface area contributed by atoms with Crippen molar-refractivity contribution in [3.63, 3.8) is 0 Å². The summed E-state index contributed by atoms with van der Waals surface area (Å²) in [4.78, 5) is 20.8. The highest BCUT2D eigenvalue weighted by atomic mass is 79.9. The first-order chi connectivity index (χ1) is 12.5. The van der Waals surface area contributed by atoms with Crippen molar-refractivity contribution in [3.8, 4) is 5.82 Å². The lowest BCUT2D eigenvalue weighted by molar-refractivity contribution is -0.116. The van der Waals surface area contributed by atoms with Crippen LogP contribution in [0.1, 0.15) is 11.3 Å². The molecule has 0 radical (unpaired) electrons. The number of ether oxygens (including phenoxy) is 1. The molecule has 0 N–H and O–H groups in total. The highest BCUT2D eigenvalue weighted by molar-refractivity contribution is 9.11. The number of pyridine rings is 1. The van der Waals surface area contributed by atoms with E-state index in [0.717, 1.165) is 15.2 Å². The Morgan fingerprint density at radius 2 is 1.96 bits per heavy atom. The van der Waals surface area contributed by atoms with E-state index in [0.29, 0.717) is 28.7 Å². The fourth-order valence-corrected chi connectivity index (χ4v) is 4.07. The maximum atomic E-state index is 11.8. The minimum Gasteiger partial charge on any atom is -0.446 e. The van der Waals surface area contributed by atoms with Crippen molar-refractivity contribution < 1.29 is 9.53 Å². The normalized spacial score (nSPS) is 18.7. The monoisotopic (exact) mass is 537 g/mol. The fraction of sp³-hybridized carbons (Fsp3) is 0.0556. The molecule has 0 bridgehead atoms.